The first-order valence-corrected chi connectivity index (χ1v) is 6.32. The molecule has 2 N–H and O–H groups in total. The molecule has 0 aromatic carbocycles. The lowest BCUT2D eigenvalue weighted by molar-refractivity contribution is 0.0407. The van der Waals surface area contributed by atoms with E-state index in [1.807, 2.05) is 7.11 Å². The van der Waals surface area contributed by atoms with E-state index >= 15 is 0 Å². The Labute approximate surface area is 94.0 Å². The number of methoxy groups -OCH3 is 1. The standard InChI is InChI=1S/C12H26N2O/c1-15-12-6-10-14(11-7-12)9-5-3-2-4-8-13/h12H,2-11,13H2,1H3. The summed E-state index contributed by atoms with van der Waals surface area (Å²) in [5, 5.41) is 0. The van der Waals surface area contributed by atoms with E-state index in [0.717, 1.165) is 6.54 Å². The summed E-state index contributed by atoms with van der Waals surface area (Å²) in [7, 11) is 1.83. The average molecular weight is 214 g/mol. The number of unbranched alkanes of at least 4 members (excludes halogenated alkanes) is 3. The van der Waals surface area contributed by atoms with Crippen LogP contribution >= 0.6 is 0 Å². The smallest absolute Gasteiger partial charge is 0.0595 e. The van der Waals surface area contributed by atoms with Gasteiger partial charge in [0.25, 0.3) is 0 Å². The largest absolute Gasteiger partial charge is 0.381 e. The summed E-state index contributed by atoms with van der Waals surface area (Å²) in [6.07, 6.45) is 8.08. The van der Waals surface area contributed by atoms with Crippen LogP contribution in [0.15, 0.2) is 0 Å². The summed E-state index contributed by atoms with van der Waals surface area (Å²) < 4.78 is 5.36. The molecule has 1 aliphatic rings. The van der Waals surface area contributed by atoms with Crippen molar-refractivity contribution >= 4 is 0 Å². The van der Waals surface area contributed by atoms with Gasteiger partial charge in [0, 0.05) is 20.2 Å². The predicted molar refractivity (Wildman–Crippen MR) is 64.0 cm³/mol. The summed E-state index contributed by atoms with van der Waals surface area (Å²) in [5.74, 6) is 0. The van der Waals surface area contributed by atoms with Crippen molar-refractivity contribution in [3.63, 3.8) is 0 Å². The maximum atomic E-state index is 5.46. The molecule has 1 rings (SSSR count). The molecule has 90 valence electrons. The van der Waals surface area contributed by atoms with Gasteiger partial charge in [-0.25, -0.2) is 0 Å². The molecule has 0 aromatic rings. The first kappa shape index (κ1) is 12.9. The van der Waals surface area contributed by atoms with E-state index in [9.17, 15) is 0 Å². The molecule has 1 aliphatic heterocycles. The van der Waals surface area contributed by atoms with Gasteiger partial charge in [0.1, 0.15) is 0 Å². The second-order valence-corrected chi connectivity index (χ2v) is 4.48. The van der Waals surface area contributed by atoms with Crippen LogP contribution in [-0.4, -0.2) is 44.3 Å². The van der Waals surface area contributed by atoms with Crippen molar-refractivity contribution in [2.45, 2.75) is 44.6 Å². The molecule has 0 saturated carbocycles. The lowest BCUT2D eigenvalue weighted by atomic mass is 10.1. The minimum Gasteiger partial charge on any atom is -0.381 e. The number of nitrogens with two attached hydrogens (primary N) is 1. The number of ether oxygens (including phenoxy) is 1. The van der Waals surface area contributed by atoms with Crippen LogP contribution in [0, 0.1) is 0 Å². The third-order valence-corrected chi connectivity index (χ3v) is 3.30. The Kier molecular flexibility index (Phi) is 6.98. The second-order valence-electron chi connectivity index (χ2n) is 4.48. The predicted octanol–water partition coefficient (Wildman–Crippen LogP) is 1.62. The minimum atomic E-state index is 0.512. The zero-order valence-corrected chi connectivity index (χ0v) is 10.1. The SMILES string of the molecule is COC1CCN(CCCCCCN)CC1. The number of hydrogen-bond acceptors (Lipinski definition) is 3. The van der Waals surface area contributed by atoms with Crippen molar-refractivity contribution in [3.8, 4) is 0 Å². The van der Waals surface area contributed by atoms with Crippen LogP contribution in [0.3, 0.4) is 0 Å². The van der Waals surface area contributed by atoms with Crippen molar-refractivity contribution in [1.82, 2.24) is 4.90 Å². The zero-order valence-electron chi connectivity index (χ0n) is 10.1. The van der Waals surface area contributed by atoms with Crippen LogP contribution in [-0.2, 0) is 4.74 Å². The lowest BCUT2D eigenvalue weighted by Crippen LogP contribution is -2.37. The maximum absolute atomic E-state index is 5.46. The van der Waals surface area contributed by atoms with Crippen molar-refractivity contribution in [3.05, 3.63) is 0 Å². The molecule has 0 bridgehead atoms. The third kappa shape index (κ3) is 5.50. The quantitative estimate of drug-likeness (QED) is 0.654. The van der Waals surface area contributed by atoms with E-state index in [0.29, 0.717) is 6.10 Å². The van der Waals surface area contributed by atoms with Crippen LogP contribution in [0.25, 0.3) is 0 Å². The fraction of sp³-hybridized carbons (Fsp3) is 1.00. The van der Waals surface area contributed by atoms with E-state index in [-0.39, 0.29) is 0 Å². The first-order chi connectivity index (χ1) is 7.36. The second kappa shape index (κ2) is 8.08. The first-order valence-electron chi connectivity index (χ1n) is 6.32. The van der Waals surface area contributed by atoms with E-state index in [2.05, 4.69) is 4.90 Å². The van der Waals surface area contributed by atoms with Gasteiger partial charge in [-0.2, -0.15) is 0 Å². The van der Waals surface area contributed by atoms with Crippen molar-refractivity contribution in [1.29, 1.82) is 0 Å². The van der Waals surface area contributed by atoms with E-state index < -0.39 is 0 Å². The Morgan fingerprint density at radius 2 is 1.80 bits per heavy atom. The number of hydrogen-bond donors (Lipinski definition) is 1. The van der Waals surface area contributed by atoms with Crippen LogP contribution < -0.4 is 5.73 Å². The van der Waals surface area contributed by atoms with Gasteiger partial charge in [-0.15, -0.1) is 0 Å². The number of piperidine rings is 1. The van der Waals surface area contributed by atoms with Gasteiger partial charge >= 0.3 is 0 Å². The Morgan fingerprint density at radius 3 is 2.40 bits per heavy atom. The molecule has 1 saturated heterocycles. The fourth-order valence-electron chi connectivity index (χ4n) is 2.20. The summed E-state index contributed by atoms with van der Waals surface area (Å²) in [6, 6.07) is 0. The fourth-order valence-corrected chi connectivity index (χ4v) is 2.20. The van der Waals surface area contributed by atoms with Gasteiger partial charge < -0.3 is 15.4 Å². The highest BCUT2D eigenvalue weighted by atomic mass is 16.5. The molecule has 1 heterocycles. The average Bonchev–Trinajstić information content (AvgIpc) is 2.30. The molecule has 0 aliphatic carbocycles. The highest BCUT2D eigenvalue weighted by molar-refractivity contribution is 4.71. The van der Waals surface area contributed by atoms with Gasteiger partial charge in [0.15, 0.2) is 0 Å². The van der Waals surface area contributed by atoms with E-state index in [1.54, 1.807) is 0 Å². The van der Waals surface area contributed by atoms with Gasteiger partial charge in [-0.3, -0.25) is 0 Å². The molecular formula is C12H26N2O. The van der Waals surface area contributed by atoms with Crippen molar-refractivity contribution < 1.29 is 4.74 Å². The molecule has 3 heteroatoms. The maximum Gasteiger partial charge on any atom is 0.0595 e. The summed E-state index contributed by atoms with van der Waals surface area (Å²) in [5.41, 5.74) is 5.46. The molecule has 15 heavy (non-hydrogen) atoms. The monoisotopic (exact) mass is 214 g/mol. The Balaban J connectivity index is 1.94. The molecule has 0 amide bonds. The molecule has 0 aromatic heterocycles. The zero-order chi connectivity index (χ0) is 10.9. The van der Waals surface area contributed by atoms with Crippen LogP contribution in [0.5, 0.6) is 0 Å². The van der Waals surface area contributed by atoms with Crippen molar-refractivity contribution in [2.24, 2.45) is 5.73 Å². The summed E-state index contributed by atoms with van der Waals surface area (Å²) in [6.45, 7) is 4.55. The highest BCUT2D eigenvalue weighted by Gasteiger charge is 2.17. The van der Waals surface area contributed by atoms with Crippen LogP contribution in [0.4, 0.5) is 0 Å². The molecule has 1 fully saturated rings. The minimum absolute atomic E-state index is 0.512. The molecule has 0 unspecified atom stereocenters. The van der Waals surface area contributed by atoms with Gasteiger partial charge in [-0.1, -0.05) is 12.8 Å². The highest BCUT2D eigenvalue weighted by Crippen LogP contribution is 2.13. The third-order valence-electron chi connectivity index (χ3n) is 3.30. The van der Waals surface area contributed by atoms with Crippen LogP contribution in [0.2, 0.25) is 0 Å². The molecular weight excluding hydrogens is 188 g/mol. The van der Waals surface area contributed by atoms with Crippen molar-refractivity contribution in [2.75, 3.05) is 33.3 Å². The Morgan fingerprint density at radius 1 is 1.13 bits per heavy atom. The van der Waals surface area contributed by atoms with E-state index in [4.69, 9.17) is 10.5 Å². The Hall–Kier alpha value is -0.120. The number of likely N-dealkylation sites (tertiary alicyclic amines) is 1. The summed E-state index contributed by atoms with van der Waals surface area (Å²) in [4.78, 5) is 2.57. The molecule has 0 spiro atoms. The normalized spacial score (nSPS) is 19.6. The van der Waals surface area contributed by atoms with Crippen LogP contribution in [0.1, 0.15) is 38.5 Å². The van der Waals surface area contributed by atoms with Gasteiger partial charge in [0.2, 0.25) is 0 Å². The van der Waals surface area contributed by atoms with Gasteiger partial charge in [-0.05, 0) is 38.8 Å². The Bertz CT molecular complexity index is 145. The summed E-state index contributed by atoms with van der Waals surface area (Å²) >= 11 is 0. The molecule has 0 atom stereocenters. The van der Waals surface area contributed by atoms with E-state index in [1.165, 1.54) is 58.2 Å². The number of nitrogens with zero attached hydrogens (tertiary/aromatic N) is 1. The topological polar surface area (TPSA) is 38.5 Å². The number of rotatable bonds is 7. The molecule has 0 radical (unpaired) electrons. The van der Waals surface area contributed by atoms with Gasteiger partial charge in [0.05, 0.1) is 6.10 Å². The lowest BCUT2D eigenvalue weighted by Gasteiger charge is -2.31. The molecule has 3 nitrogen and oxygen atoms in total.